The van der Waals surface area contributed by atoms with E-state index in [2.05, 4.69) is 31.9 Å². The first-order chi connectivity index (χ1) is 17.0. The number of para-hydroxylation sites is 1. The molecule has 2 aliphatic rings. The van der Waals surface area contributed by atoms with E-state index in [0.717, 1.165) is 20.2 Å². The normalized spacial score (nSPS) is 21.6. The van der Waals surface area contributed by atoms with Crippen molar-refractivity contribution in [2.24, 2.45) is 5.92 Å². The average Bonchev–Trinajstić information content (AvgIpc) is 3.56. The summed E-state index contributed by atoms with van der Waals surface area (Å²) >= 11 is 6.85. The number of hydrogen-bond donors (Lipinski definition) is 0. The Bertz CT molecular complexity index is 1400. The van der Waals surface area contributed by atoms with E-state index >= 15 is 0 Å². The van der Waals surface area contributed by atoms with Crippen LogP contribution in [0.25, 0.3) is 11.3 Å². The van der Waals surface area contributed by atoms with Crippen LogP contribution in [0.4, 0.5) is 11.4 Å². The first-order valence-electron chi connectivity index (χ1n) is 11.0. The Balaban J connectivity index is 1.41. The number of fused-ring (bicyclic) bond motifs is 1. The summed E-state index contributed by atoms with van der Waals surface area (Å²) in [6, 6.07) is 27.4. The second-order valence-corrected chi connectivity index (χ2v) is 10.2. The lowest BCUT2D eigenvalue weighted by molar-refractivity contribution is -0.126. The highest BCUT2D eigenvalue weighted by Gasteiger charge is 2.61. The molecule has 2 aliphatic heterocycles. The van der Waals surface area contributed by atoms with Crippen molar-refractivity contribution in [3.63, 3.8) is 0 Å². The van der Waals surface area contributed by atoms with Crippen LogP contribution < -0.4 is 9.96 Å². The van der Waals surface area contributed by atoms with Crippen LogP contribution in [0.5, 0.6) is 0 Å². The molecule has 0 N–H and O–H groups in total. The SMILES string of the molecule is O=C1[C@@H]2[C@@H](ON(c3ccccc3)[C@H]2c2ccc(-c3ccc(Br)cc3)o2)C(=O)N1c1ccc(Br)cc1. The van der Waals surface area contributed by atoms with Gasteiger partial charge < -0.3 is 4.42 Å². The maximum absolute atomic E-state index is 13.7. The Labute approximate surface area is 218 Å². The van der Waals surface area contributed by atoms with Crippen molar-refractivity contribution in [1.29, 1.82) is 0 Å². The molecule has 35 heavy (non-hydrogen) atoms. The standard InChI is InChI=1S/C27H18Br2N2O4/c28-17-8-6-16(7-9-17)21-14-15-22(34-21)24-23-25(35-31(24)20-4-2-1-3-5-20)27(33)30(26(23)32)19-12-10-18(29)11-13-19/h1-15,23-25H/t23-,24-,25+/m0/s1. The van der Waals surface area contributed by atoms with Gasteiger partial charge in [0.1, 0.15) is 23.5 Å². The molecule has 6 nitrogen and oxygen atoms in total. The molecule has 1 aromatic heterocycles. The lowest BCUT2D eigenvalue weighted by Crippen LogP contribution is -2.37. The molecule has 0 radical (unpaired) electrons. The zero-order chi connectivity index (χ0) is 24.1. The maximum Gasteiger partial charge on any atom is 0.266 e. The predicted molar refractivity (Wildman–Crippen MR) is 139 cm³/mol. The van der Waals surface area contributed by atoms with Crippen molar-refractivity contribution in [1.82, 2.24) is 0 Å². The first-order valence-corrected chi connectivity index (χ1v) is 12.6. The van der Waals surface area contributed by atoms with Gasteiger partial charge in [-0.05, 0) is 60.7 Å². The molecule has 0 spiro atoms. The van der Waals surface area contributed by atoms with Gasteiger partial charge in [0.25, 0.3) is 5.91 Å². The minimum atomic E-state index is -0.947. The van der Waals surface area contributed by atoms with Gasteiger partial charge in [0, 0.05) is 14.5 Å². The number of carbonyl (C=O) groups is 2. The minimum absolute atomic E-state index is 0.313. The maximum atomic E-state index is 13.7. The Morgan fingerprint density at radius 2 is 1.34 bits per heavy atom. The van der Waals surface area contributed by atoms with E-state index in [1.54, 1.807) is 29.3 Å². The number of benzene rings is 3. The van der Waals surface area contributed by atoms with E-state index < -0.39 is 18.1 Å². The van der Waals surface area contributed by atoms with Crippen LogP contribution in [0.2, 0.25) is 0 Å². The monoisotopic (exact) mass is 592 g/mol. The summed E-state index contributed by atoms with van der Waals surface area (Å²) in [6.07, 6.45) is -0.947. The van der Waals surface area contributed by atoms with Crippen molar-refractivity contribution in [3.8, 4) is 11.3 Å². The molecule has 174 valence electrons. The number of furan rings is 1. The zero-order valence-corrected chi connectivity index (χ0v) is 21.3. The minimum Gasteiger partial charge on any atom is -0.459 e. The van der Waals surface area contributed by atoms with Gasteiger partial charge in [-0.3, -0.25) is 14.4 Å². The molecule has 6 rings (SSSR count). The van der Waals surface area contributed by atoms with Gasteiger partial charge in [0.05, 0.1) is 11.4 Å². The number of hydrogen-bond acceptors (Lipinski definition) is 5. The van der Waals surface area contributed by atoms with E-state index in [9.17, 15) is 9.59 Å². The molecule has 3 heterocycles. The van der Waals surface area contributed by atoms with E-state index in [1.807, 2.05) is 66.7 Å². The van der Waals surface area contributed by atoms with Gasteiger partial charge in [0.2, 0.25) is 5.91 Å². The Morgan fingerprint density at radius 1 is 0.686 bits per heavy atom. The molecule has 0 saturated carbocycles. The number of rotatable bonds is 4. The van der Waals surface area contributed by atoms with Crippen LogP contribution >= 0.6 is 31.9 Å². The summed E-state index contributed by atoms with van der Waals surface area (Å²) in [6.45, 7) is 0. The summed E-state index contributed by atoms with van der Waals surface area (Å²) in [5, 5.41) is 1.63. The highest BCUT2D eigenvalue weighted by Crippen LogP contribution is 2.48. The molecular weight excluding hydrogens is 576 g/mol. The third-order valence-corrected chi connectivity index (χ3v) is 7.32. The van der Waals surface area contributed by atoms with Crippen LogP contribution in [0.15, 0.2) is 104 Å². The Morgan fingerprint density at radius 3 is 2.03 bits per heavy atom. The molecular formula is C27H18Br2N2O4. The van der Waals surface area contributed by atoms with E-state index in [4.69, 9.17) is 9.25 Å². The summed E-state index contributed by atoms with van der Waals surface area (Å²) < 4.78 is 8.10. The number of anilines is 2. The second kappa shape index (κ2) is 8.78. The Hall–Kier alpha value is -3.20. The second-order valence-electron chi connectivity index (χ2n) is 8.36. The number of imide groups is 1. The quantitative estimate of drug-likeness (QED) is 0.252. The fraction of sp³-hybridized carbons (Fsp3) is 0.111. The highest BCUT2D eigenvalue weighted by molar-refractivity contribution is 9.10. The van der Waals surface area contributed by atoms with Crippen LogP contribution in [0.3, 0.4) is 0 Å². The van der Waals surface area contributed by atoms with Gasteiger partial charge in [-0.2, -0.15) is 0 Å². The van der Waals surface area contributed by atoms with Gasteiger partial charge in [-0.1, -0.05) is 62.2 Å². The number of halogens is 2. The van der Waals surface area contributed by atoms with Gasteiger partial charge in [-0.15, -0.1) is 0 Å². The van der Waals surface area contributed by atoms with E-state index in [-0.39, 0.29) is 11.8 Å². The van der Waals surface area contributed by atoms with Crippen LogP contribution in [-0.4, -0.2) is 17.9 Å². The number of nitrogens with zero attached hydrogens (tertiary/aromatic N) is 2. The van der Waals surface area contributed by atoms with Crippen LogP contribution in [-0.2, 0) is 14.4 Å². The van der Waals surface area contributed by atoms with Crippen molar-refractivity contribution in [3.05, 3.63) is 106 Å². The molecule has 0 aliphatic carbocycles. The summed E-state index contributed by atoms with van der Waals surface area (Å²) in [7, 11) is 0. The first kappa shape index (κ1) is 22.3. The smallest absolute Gasteiger partial charge is 0.266 e. The van der Waals surface area contributed by atoms with E-state index in [1.165, 1.54) is 4.90 Å². The zero-order valence-electron chi connectivity index (χ0n) is 18.2. The largest absolute Gasteiger partial charge is 0.459 e. The van der Waals surface area contributed by atoms with Gasteiger partial charge in [-0.25, -0.2) is 9.96 Å². The van der Waals surface area contributed by atoms with Crippen molar-refractivity contribution in [2.75, 3.05) is 9.96 Å². The van der Waals surface area contributed by atoms with Crippen LogP contribution in [0, 0.1) is 5.92 Å². The number of carbonyl (C=O) groups excluding carboxylic acids is 2. The molecule has 2 fully saturated rings. The summed E-state index contributed by atoms with van der Waals surface area (Å²) in [5.74, 6) is -0.225. The Kier molecular flexibility index (Phi) is 5.59. The highest BCUT2D eigenvalue weighted by atomic mass is 79.9. The fourth-order valence-corrected chi connectivity index (χ4v) is 5.16. The summed E-state index contributed by atoms with van der Waals surface area (Å²) in [5.41, 5.74) is 2.16. The number of hydroxylamine groups is 1. The van der Waals surface area contributed by atoms with Crippen molar-refractivity contribution in [2.45, 2.75) is 12.1 Å². The topological polar surface area (TPSA) is 63.0 Å². The average molecular weight is 594 g/mol. The molecule has 3 atom stereocenters. The summed E-state index contributed by atoms with van der Waals surface area (Å²) in [4.78, 5) is 34.5. The van der Waals surface area contributed by atoms with Crippen molar-refractivity contribution >= 4 is 55.0 Å². The molecule has 2 amide bonds. The number of amides is 2. The molecule has 0 unspecified atom stereocenters. The van der Waals surface area contributed by atoms with Gasteiger partial charge in [0.15, 0.2) is 6.10 Å². The van der Waals surface area contributed by atoms with Crippen molar-refractivity contribution < 1.29 is 18.8 Å². The molecule has 4 aromatic rings. The molecule has 8 heteroatoms. The van der Waals surface area contributed by atoms with Crippen LogP contribution in [0.1, 0.15) is 11.8 Å². The molecule has 3 aromatic carbocycles. The third-order valence-electron chi connectivity index (χ3n) is 6.26. The molecule has 0 bridgehead atoms. The predicted octanol–water partition coefficient (Wildman–Crippen LogP) is 6.52. The lowest BCUT2D eigenvalue weighted by Gasteiger charge is -2.27. The third kappa shape index (κ3) is 3.82. The lowest BCUT2D eigenvalue weighted by atomic mass is 9.94. The van der Waals surface area contributed by atoms with E-state index in [0.29, 0.717) is 17.2 Å². The molecule has 2 saturated heterocycles. The fourth-order valence-electron chi connectivity index (χ4n) is 4.63. The van der Waals surface area contributed by atoms with Gasteiger partial charge >= 0.3 is 0 Å².